The minimum Gasteiger partial charge on any atom is -0.444 e. The first-order chi connectivity index (χ1) is 7.42. The molecule has 94 valence electrons. The number of hydrogen-bond donors (Lipinski definition) is 2. The molecule has 2 N–H and O–H groups in total. The van der Waals surface area contributed by atoms with Crippen molar-refractivity contribution in [3.63, 3.8) is 0 Å². The first-order valence-electron chi connectivity index (χ1n) is 5.64. The number of rotatable bonds is 3. The Hall–Kier alpha value is -0.810. The van der Waals surface area contributed by atoms with Crippen LogP contribution >= 0.6 is 0 Å². The molecule has 0 aromatic carbocycles. The van der Waals surface area contributed by atoms with Crippen LogP contribution in [0.5, 0.6) is 0 Å². The van der Waals surface area contributed by atoms with Gasteiger partial charge in [0, 0.05) is 6.61 Å². The maximum atomic E-state index is 11.5. The standard InChI is InChI=1S/C11H21NO4/c1-11(2,3)16-10(14)12-8(7-13)9-5-4-6-15-9/h8-9,13H,4-7H2,1-3H3,(H,12,14). The Labute approximate surface area is 96.1 Å². The van der Waals surface area contributed by atoms with Crippen LogP contribution in [0, 0.1) is 0 Å². The second-order valence-electron chi connectivity index (χ2n) is 4.99. The molecule has 5 nitrogen and oxygen atoms in total. The molecular weight excluding hydrogens is 210 g/mol. The van der Waals surface area contributed by atoms with Gasteiger partial charge in [-0.2, -0.15) is 0 Å². The monoisotopic (exact) mass is 231 g/mol. The van der Waals surface area contributed by atoms with Gasteiger partial charge < -0.3 is 19.9 Å². The average Bonchev–Trinajstić information content (AvgIpc) is 2.63. The fourth-order valence-electron chi connectivity index (χ4n) is 1.63. The quantitative estimate of drug-likeness (QED) is 0.762. The number of carbonyl (C=O) groups is 1. The minimum atomic E-state index is -0.527. The Bertz CT molecular complexity index is 231. The van der Waals surface area contributed by atoms with Gasteiger partial charge in [-0.3, -0.25) is 0 Å². The van der Waals surface area contributed by atoms with Gasteiger partial charge in [0.05, 0.1) is 18.8 Å². The number of carbonyl (C=O) groups excluding carboxylic acids is 1. The van der Waals surface area contributed by atoms with E-state index in [4.69, 9.17) is 9.47 Å². The summed E-state index contributed by atoms with van der Waals surface area (Å²) in [5, 5.41) is 11.8. The van der Waals surface area contributed by atoms with Crippen molar-refractivity contribution < 1.29 is 19.4 Å². The minimum absolute atomic E-state index is 0.0995. The summed E-state index contributed by atoms with van der Waals surface area (Å²) in [6.45, 7) is 5.95. The maximum Gasteiger partial charge on any atom is 0.408 e. The zero-order chi connectivity index (χ0) is 12.2. The summed E-state index contributed by atoms with van der Waals surface area (Å²) in [4.78, 5) is 11.5. The van der Waals surface area contributed by atoms with Gasteiger partial charge in [0.2, 0.25) is 0 Å². The van der Waals surface area contributed by atoms with Crippen molar-refractivity contribution in [2.24, 2.45) is 0 Å². The van der Waals surface area contributed by atoms with E-state index in [9.17, 15) is 9.90 Å². The van der Waals surface area contributed by atoms with E-state index in [2.05, 4.69) is 5.32 Å². The lowest BCUT2D eigenvalue weighted by Crippen LogP contribution is -2.47. The third-order valence-corrected chi connectivity index (χ3v) is 2.31. The summed E-state index contributed by atoms with van der Waals surface area (Å²) in [6.07, 6.45) is 1.22. The molecule has 0 spiro atoms. The van der Waals surface area contributed by atoms with Crippen LogP contribution in [0.1, 0.15) is 33.6 Å². The van der Waals surface area contributed by atoms with Gasteiger partial charge in [-0.1, -0.05) is 0 Å². The molecule has 16 heavy (non-hydrogen) atoms. The summed E-state index contributed by atoms with van der Waals surface area (Å²) < 4.78 is 10.5. The zero-order valence-corrected chi connectivity index (χ0v) is 10.2. The first-order valence-corrected chi connectivity index (χ1v) is 5.64. The molecule has 1 rings (SSSR count). The van der Waals surface area contributed by atoms with Crippen molar-refractivity contribution in [2.45, 2.75) is 51.4 Å². The molecule has 1 aliphatic rings. The molecule has 0 aliphatic carbocycles. The topological polar surface area (TPSA) is 67.8 Å². The highest BCUT2D eigenvalue weighted by Gasteiger charge is 2.28. The lowest BCUT2D eigenvalue weighted by Gasteiger charge is -2.25. The van der Waals surface area contributed by atoms with Crippen LogP contribution in [-0.4, -0.2) is 42.2 Å². The fourth-order valence-corrected chi connectivity index (χ4v) is 1.63. The Balaban J connectivity index is 2.40. The average molecular weight is 231 g/mol. The number of hydrogen-bond acceptors (Lipinski definition) is 4. The highest BCUT2D eigenvalue weighted by atomic mass is 16.6. The van der Waals surface area contributed by atoms with E-state index in [1.54, 1.807) is 20.8 Å². The van der Waals surface area contributed by atoms with Crippen molar-refractivity contribution in [3.8, 4) is 0 Å². The predicted octanol–water partition coefficient (Wildman–Crippen LogP) is 1.05. The van der Waals surface area contributed by atoms with Crippen LogP contribution < -0.4 is 5.32 Å². The third kappa shape index (κ3) is 4.37. The van der Waals surface area contributed by atoms with E-state index in [1.807, 2.05) is 0 Å². The summed E-state index contributed by atoms with van der Waals surface area (Å²) in [5.74, 6) is 0. The van der Waals surface area contributed by atoms with E-state index in [1.165, 1.54) is 0 Å². The highest BCUT2D eigenvalue weighted by molar-refractivity contribution is 5.68. The van der Waals surface area contributed by atoms with E-state index >= 15 is 0 Å². The lowest BCUT2D eigenvalue weighted by molar-refractivity contribution is 0.0270. The van der Waals surface area contributed by atoms with Crippen LogP contribution in [0.25, 0.3) is 0 Å². The van der Waals surface area contributed by atoms with Gasteiger partial charge in [0.15, 0.2) is 0 Å². The largest absolute Gasteiger partial charge is 0.444 e. The molecule has 5 heteroatoms. The zero-order valence-electron chi connectivity index (χ0n) is 10.2. The molecule has 1 fully saturated rings. The van der Waals surface area contributed by atoms with Gasteiger partial charge in [-0.25, -0.2) is 4.79 Å². The molecule has 0 bridgehead atoms. The molecule has 1 heterocycles. The van der Waals surface area contributed by atoms with Crippen molar-refractivity contribution in [3.05, 3.63) is 0 Å². The second-order valence-corrected chi connectivity index (χ2v) is 4.99. The Morgan fingerprint density at radius 2 is 2.31 bits per heavy atom. The number of aliphatic hydroxyl groups excluding tert-OH is 1. The summed E-state index contributed by atoms with van der Waals surface area (Å²) >= 11 is 0. The normalized spacial score (nSPS) is 22.9. The van der Waals surface area contributed by atoms with Gasteiger partial charge in [-0.15, -0.1) is 0 Å². The first kappa shape index (κ1) is 13.3. The van der Waals surface area contributed by atoms with Crippen molar-refractivity contribution in [2.75, 3.05) is 13.2 Å². The van der Waals surface area contributed by atoms with E-state index in [0.717, 1.165) is 12.8 Å². The summed E-state index contributed by atoms with van der Waals surface area (Å²) in [6, 6.07) is -0.377. The van der Waals surface area contributed by atoms with Gasteiger partial charge in [0.1, 0.15) is 5.60 Å². The third-order valence-electron chi connectivity index (χ3n) is 2.31. The molecule has 0 aromatic heterocycles. The van der Waals surface area contributed by atoms with Crippen LogP contribution in [0.15, 0.2) is 0 Å². The number of aliphatic hydroxyl groups is 1. The number of ether oxygens (including phenoxy) is 2. The Morgan fingerprint density at radius 3 is 2.75 bits per heavy atom. The molecule has 0 saturated carbocycles. The molecule has 1 aliphatic heterocycles. The number of amides is 1. The van der Waals surface area contributed by atoms with Gasteiger partial charge in [0.25, 0.3) is 0 Å². The summed E-state index contributed by atoms with van der Waals surface area (Å²) in [5.41, 5.74) is -0.527. The van der Waals surface area contributed by atoms with Gasteiger partial charge >= 0.3 is 6.09 Å². The van der Waals surface area contributed by atoms with Crippen molar-refractivity contribution >= 4 is 6.09 Å². The predicted molar refractivity (Wildman–Crippen MR) is 59.2 cm³/mol. The molecule has 0 radical (unpaired) electrons. The summed E-state index contributed by atoms with van der Waals surface area (Å²) in [7, 11) is 0. The molecular formula is C11H21NO4. The maximum absolute atomic E-state index is 11.5. The molecule has 2 unspecified atom stereocenters. The van der Waals surface area contributed by atoms with E-state index in [0.29, 0.717) is 6.61 Å². The van der Waals surface area contributed by atoms with Crippen LogP contribution in [0.2, 0.25) is 0 Å². The van der Waals surface area contributed by atoms with Crippen LogP contribution in [0.3, 0.4) is 0 Å². The smallest absolute Gasteiger partial charge is 0.408 e. The molecule has 1 amide bonds. The fraction of sp³-hybridized carbons (Fsp3) is 0.909. The highest BCUT2D eigenvalue weighted by Crippen LogP contribution is 2.16. The van der Waals surface area contributed by atoms with E-state index < -0.39 is 11.7 Å². The van der Waals surface area contributed by atoms with Crippen LogP contribution in [0.4, 0.5) is 4.79 Å². The number of alkyl carbamates (subject to hydrolysis) is 1. The van der Waals surface area contributed by atoms with Crippen molar-refractivity contribution in [1.29, 1.82) is 0 Å². The van der Waals surface area contributed by atoms with Gasteiger partial charge in [-0.05, 0) is 33.6 Å². The molecule has 2 atom stereocenters. The van der Waals surface area contributed by atoms with E-state index in [-0.39, 0.29) is 18.8 Å². The molecule has 1 saturated heterocycles. The molecule has 0 aromatic rings. The van der Waals surface area contributed by atoms with Crippen molar-refractivity contribution in [1.82, 2.24) is 5.32 Å². The lowest BCUT2D eigenvalue weighted by atomic mass is 10.1. The SMILES string of the molecule is CC(C)(C)OC(=O)NC(CO)C1CCCO1. The Morgan fingerprint density at radius 1 is 1.62 bits per heavy atom. The Kier molecular flexibility index (Phi) is 4.56. The van der Waals surface area contributed by atoms with Crippen LogP contribution in [-0.2, 0) is 9.47 Å². The second kappa shape index (κ2) is 5.50. The number of nitrogens with one attached hydrogen (secondary N) is 1.